The van der Waals surface area contributed by atoms with Crippen molar-refractivity contribution in [3.05, 3.63) is 42.0 Å². The molecule has 0 aromatic carbocycles. The molecule has 2 N–H and O–H groups in total. The molecule has 2 saturated carbocycles. The van der Waals surface area contributed by atoms with E-state index >= 15 is 0 Å². The molecule has 0 amide bonds. The van der Waals surface area contributed by atoms with E-state index in [0.29, 0.717) is 84.5 Å². The summed E-state index contributed by atoms with van der Waals surface area (Å²) in [6.07, 6.45) is 5.70. The zero-order chi connectivity index (χ0) is 33.6. The van der Waals surface area contributed by atoms with Crippen LogP contribution >= 0.6 is 0 Å². The van der Waals surface area contributed by atoms with Crippen LogP contribution in [0.5, 0.6) is 0 Å². The summed E-state index contributed by atoms with van der Waals surface area (Å²) in [5.74, 6) is -0.00330. The number of H-pyrrole nitrogens is 1. The van der Waals surface area contributed by atoms with Gasteiger partial charge in [0.1, 0.15) is 22.7 Å². The number of alkyl halides is 3. The summed E-state index contributed by atoms with van der Waals surface area (Å²) >= 11 is 0. The quantitative estimate of drug-likeness (QED) is 0.199. The number of halogens is 3. The van der Waals surface area contributed by atoms with Crippen LogP contribution in [0.4, 0.5) is 24.7 Å². The summed E-state index contributed by atoms with van der Waals surface area (Å²) in [5, 5.41) is 9.32. The van der Waals surface area contributed by atoms with E-state index in [1.165, 1.54) is 0 Å². The molecule has 0 radical (unpaired) electrons. The zero-order valence-electron chi connectivity index (χ0n) is 27.1. The second-order valence-electron chi connectivity index (χ2n) is 13.6. The molecular weight excluding hydrogens is 625 g/mol. The van der Waals surface area contributed by atoms with E-state index in [0.717, 1.165) is 50.3 Å². The Bertz CT molecular complexity index is 1790. The number of fused-ring (bicyclic) bond motifs is 1. The minimum atomic E-state index is -4.59. The van der Waals surface area contributed by atoms with Gasteiger partial charge >= 0.3 is 12.1 Å². The third-order valence-electron chi connectivity index (χ3n) is 10.0. The summed E-state index contributed by atoms with van der Waals surface area (Å²) in [7, 11) is 3.70. The van der Waals surface area contributed by atoms with Gasteiger partial charge in [0.2, 0.25) is 0 Å². The number of carboxylic acids is 1. The van der Waals surface area contributed by atoms with Gasteiger partial charge in [0, 0.05) is 56.4 Å². The molecule has 48 heavy (non-hydrogen) atoms. The monoisotopic (exact) mass is 664 g/mol. The number of piperidine rings is 1. The van der Waals surface area contributed by atoms with Crippen LogP contribution in [0.3, 0.4) is 0 Å². The lowest BCUT2D eigenvalue weighted by Crippen LogP contribution is -2.37. The van der Waals surface area contributed by atoms with Gasteiger partial charge in [-0.05, 0) is 56.7 Å². The van der Waals surface area contributed by atoms with Gasteiger partial charge < -0.3 is 24.6 Å². The van der Waals surface area contributed by atoms with Gasteiger partial charge in [-0.25, -0.2) is 24.9 Å². The predicted molar refractivity (Wildman–Crippen MR) is 174 cm³/mol. The second kappa shape index (κ2) is 12.6. The summed E-state index contributed by atoms with van der Waals surface area (Å²) in [5.41, 5.74) is 2.47. The maximum absolute atomic E-state index is 14.0. The molecule has 3 aliphatic rings. The van der Waals surface area contributed by atoms with Gasteiger partial charge in [0.15, 0.2) is 11.5 Å². The highest BCUT2D eigenvalue weighted by molar-refractivity contribution is 5.91. The fraction of sp³-hybridized carbons (Fsp3) is 0.529. The molecule has 0 atom stereocenters. The number of anilines is 2. The standard InChI is InChI=1S/C34H39F3N8O3/c1-44(18-33(19-48-2)9-3-4-10-33)26-15-24(22-13-23(20-5-6-20)40-27(14-22)34(35,36)37)41-31-29(26)42-30(43-31)25-16-39-28(17-38-25)45-11-7-21(8-12-45)32(46)47/h13-17,20-21H,3-12,18-19H2,1-2H3,(H,46,47)(H,41,42,43). The number of rotatable bonds is 10. The van der Waals surface area contributed by atoms with Gasteiger partial charge in [-0.15, -0.1) is 0 Å². The van der Waals surface area contributed by atoms with Crippen LogP contribution in [0.25, 0.3) is 33.9 Å². The van der Waals surface area contributed by atoms with E-state index in [-0.39, 0.29) is 17.3 Å². The zero-order valence-corrected chi connectivity index (χ0v) is 27.1. The number of ether oxygens (including phenoxy) is 1. The van der Waals surface area contributed by atoms with Crippen molar-refractivity contribution in [3.63, 3.8) is 0 Å². The van der Waals surface area contributed by atoms with Gasteiger partial charge in [-0.2, -0.15) is 13.2 Å². The number of pyridine rings is 2. The van der Waals surface area contributed by atoms with Crippen molar-refractivity contribution in [2.75, 3.05) is 50.2 Å². The number of carbonyl (C=O) groups is 1. The van der Waals surface area contributed by atoms with Crippen molar-refractivity contribution < 1.29 is 27.8 Å². The highest BCUT2D eigenvalue weighted by Crippen LogP contribution is 2.44. The van der Waals surface area contributed by atoms with Crippen molar-refractivity contribution >= 4 is 28.6 Å². The van der Waals surface area contributed by atoms with E-state index < -0.39 is 17.8 Å². The number of methoxy groups -OCH3 is 1. The number of imidazole rings is 1. The number of hydrogen-bond donors (Lipinski definition) is 2. The van der Waals surface area contributed by atoms with Crippen LogP contribution in [0.2, 0.25) is 0 Å². The molecule has 0 spiro atoms. The molecule has 7 rings (SSSR count). The van der Waals surface area contributed by atoms with Gasteiger partial charge in [0.05, 0.1) is 36.3 Å². The number of aromatic amines is 1. The number of carboxylic acid groups (broad SMARTS) is 1. The third kappa shape index (κ3) is 6.54. The Labute approximate surface area is 276 Å². The minimum Gasteiger partial charge on any atom is -0.481 e. The molecule has 1 aliphatic heterocycles. The van der Waals surface area contributed by atoms with Crippen LogP contribution in [0, 0.1) is 11.3 Å². The first kappa shape index (κ1) is 32.2. The van der Waals surface area contributed by atoms with Crippen molar-refractivity contribution in [3.8, 4) is 22.8 Å². The molecule has 0 bridgehead atoms. The van der Waals surface area contributed by atoms with Crippen LogP contribution < -0.4 is 9.80 Å². The van der Waals surface area contributed by atoms with Crippen molar-refractivity contribution in [1.82, 2.24) is 29.9 Å². The van der Waals surface area contributed by atoms with Crippen molar-refractivity contribution in [2.45, 2.75) is 63.5 Å². The molecule has 2 aliphatic carbocycles. The number of aromatic nitrogens is 6. The molecular formula is C34H39F3N8O3. The SMILES string of the molecule is COCC1(CN(C)c2cc(-c3cc(C4CC4)nc(C(F)(F)F)c3)nc3nc(-c4cnc(N5CCC(C(=O)O)CC5)cn4)[nH]c23)CCCC1. The smallest absolute Gasteiger partial charge is 0.433 e. The van der Waals surface area contributed by atoms with E-state index in [4.69, 9.17) is 14.7 Å². The Morgan fingerprint density at radius 2 is 1.79 bits per heavy atom. The van der Waals surface area contributed by atoms with Crippen LogP contribution in [0.1, 0.15) is 68.7 Å². The Morgan fingerprint density at radius 3 is 2.42 bits per heavy atom. The number of hydrogen-bond acceptors (Lipinski definition) is 9. The summed E-state index contributed by atoms with van der Waals surface area (Å²) in [6.45, 7) is 2.47. The Kier molecular flexibility index (Phi) is 8.46. The van der Waals surface area contributed by atoms with E-state index in [2.05, 4.69) is 24.8 Å². The molecule has 11 nitrogen and oxygen atoms in total. The normalized spacial score (nSPS) is 18.5. The van der Waals surface area contributed by atoms with Gasteiger partial charge in [-0.1, -0.05) is 12.8 Å². The lowest BCUT2D eigenvalue weighted by molar-refractivity contribution is -0.142. The minimum absolute atomic E-state index is 0.0234. The Hall–Kier alpha value is -4.33. The van der Waals surface area contributed by atoms with Gasteiger partial charge in [-0.3, -0.25) is 4.79 Å². The number of nitrogens with one attached hydrogen (secondary N) is 1. The fourth-order valence-corrected chi connectivity index (χ4v) is 7.30. The topological polar surface area (TPSA) is 133 Å². The van der Waals surface area contributed by atoms with Crippen LogP contribution in [-0.4, -0.2) is 81.4 Å². The number of nitrogens with zero attached hydrogens (tertiary/aromatic N) is 7. The molecule has 4 aromatic heterocycles. The highest BCUT2D eigenvalue weighted by Gasteiger charge is 2.37. The molecule has 5 heterocycles. The number of aliphatic carboxylic acids is 1. The lowest BCUT2D eigenvalue weighted by Gasteiger charge is -2.34. The molecule has 1 saturated heterocycles. The molecule has 3 fully saturated rings. The second-order valence-corrected chi connectivity index (χ2v) is 13.6. The molecule has 14 heteroatoms. The molecule has 0 unspecified atom stereocenters. The van der Waals surface area contributed by atoms with E-state index in [1.807, 2.05) is 18.0 Å². The van der Waals surface area contributed by atoms with Crippen LogP contribution in [0.15, 0.2) is 30.6 Å². The molecule has 254 valence electrons. The fourth-order valence-electron chi connectivity index (χ4n) is 7.30. The summed E-state index contributed by atoms with van der Waals surface area (Å²) in [6, 6.07) is 4.64. The van der Waals surface area contributed by atoms with Crippen molar-refractivity contribution in [2.24, 2.45) is 11.3 Å². The average molecular weight is 665 g/mol. The predicted octanol–water partition coefficient (Wildman–Crippen LogP) is 6.32. The van der Waals surface area contributed by atoms with Gasteiger partial charge in [0.25, 0.3) is 0 Å². The van der Waals surface area contributed by atoms with Crippen molar-refractivity contribution in [1.29, 1.82) is 0 Å². The Morgan fingerprint density at radius 1 is 1.04 bits per heavy atom. The third-order valence-corrected chi connectivity index (χ3v) is 10.0. The van der Waals surface area contributed by atoms with Crippen LogP contribution in [-0.2, 0) is 15.7 Å². The average Bonchev–Trinajstić information content (AvgIpc) is 3.69. The lowest BCUT2D eigenvalue weighted by atomic mass is 9.86. The first-order valence-electron chi connectivity index (χ1n) is 16.5. The maximum Gasteiger partial charge on any atom is 0.433 e. The summed E-state index contributed by atoms with van der Waals surface area (Å²) in [4.78, 5) is 41.6. The van der Waals surface area contributed by atoms with E-state index in [1.54, 1.807) is 25.6 Å². The highest BCUT2D eigenvalue weighted by atomic mass is 19.4. The summed E-state index contributed by atoms with van der Waals surface area (Å²) < 4.78 is 47.6. The van der Waals surface area contributed by atoms with E-state index in [9.17, 15) is 23.1 Å². The largest absolute Gasteiger partial charge is 0.481 e. The molecule has 4 aromatic rings. The maximum atomic E-state index is 14.0. The first-order chi connectivity index (χ1) is 23.0. The Balaban J connectivity index is 1.27. The first-order valence-corrected chi connectivity index (χ1v) is 16.5.